The Morgan fingerprint density at radius 3 is 2.07 bits per heavy atom. The highest BCUT2D eigenvalue weighted by Crippen LogP contribution is 2.42. The molecule has 2 aliphatic heterocycles. The van der Waals surface area contributed by atoms with Crippen LogP contribution < -0.4 is 31.6 Å². The minimum atomic E-state index is -0.159. The monoisotopic (exact) mass is 775 g/mol. The summed E-state index contributed by atoms with van der Waals surface area (Å²) < 4.78 is 7.38. The molecule has 2 saturated heterocycles. The Labute approximate surface area is 327 Å². The lowest BCUT2D eigenvalue weighted by molar-refractivity contribution is -0.120. The van der Waals surface area contributed by atoms with Crippen LogP contribution in [-0.4, -0.2) is 58.5 Å². The largest absolute Gasteiger partial charge is 0.496 e. The molecule has 2 aliphatic rings. The van der Waals surface area contributed by atoms with Crippen LogP contribution in [0.4, 0.5) is 0 Å². The molecular weight excluding hydrogens is 737 g/mol. The summed E-state index contributed by atoms with van der Waals surface area (Å²) in [6.45, 7) is 2.23. The lowest BCUT2D eigenvalue weighted by Crippen LogP contribution is -2.36. The molecule has 2 fully saturated rings. The number of hydrogen-bond acceptors (Lipinski definition) is 8. The number of amides is 2. The number of carbonyl (C=O) groups is 2. The maximum Gasteiger partial charge on any atom is 0.262 e. The third kappa shape index (κ3) is 7.53. The lowest BCUT2D eigenvalue weighted by Gasteiger charge is -2.16. The first kappa shape index (κ1) is 36.6. The minimum Gasteiger partial charge on any atom is -0.496 e. The van der Waals surface area contributed by atoms with Crippen molar-refractivity contribution in [3.8, 4) is 39.3 Å². The van der Waals surface area contributed by atoms with Crippen LogP contribution in [0.15, 0.2) is 90.0 Å². The normalized spacial score (nSPS) is 16.9. The fraction of sp³-hybridized carbons (Fsp3) is 0.262. The molecule has 0 aliphatic carbocycles. The number of ether oxygens (including phenoxy) is 1. The Morgan fingerprint density at radius 2 is 1.42 bits per heavy atom. The number of nitrogens with zero attached hydrogens (tertiary/aromatic N) is 3. The average Bonchev–Trinajstić information content (AvgIpc) is 3.82. The Bertz CT molecular complexity index is 2520. The third-order valence-electron chi connectivity index (χ3n) is 10.3. The van der Waals surface area contributed by atoms with Gasteiger partial charge in [-0.1, -0.05) is 65.7 Å². The molecule has 0 saturated carbocycles. The molecule has 8 rings (SSSR count). The summed E-state index contributed by atoms with van der Waals surface area (Å²) in [5.74, 6) is 0.915. The van der Waals surface area contributed by atoms with Gasteiger partial charge in [0.1, 0.15) is 11.4 Å². The van der Waals surface area contributed by atoms with Crippen molar-refractivity contribution in [2.45, 2.75) is 50.9 Å². The van der Waals surface area contributed by atoms with E-state index in [0.29, 0.717) is 66.0 Å². The van der Waals surface area contributed by atoms with Gasteiger partial charge in [0, 0.05) is 102 Å². The molecule has 0 unspecified atom stereocenters. The van der Waals surface area contributed by atoms with Crippen LogP contribution >= 0.6 is 23.2 Å². The van der Waals surface area contributed by atoms with Crippen molar-refractivity contribution in [2.75, 3.05) is 20.2 Å². The van der Waals surface area contributed by atoms with Gasteiger partial charge in [0.05, 0.1) is 28.4 Å². The van der Waals surface area contributed by atoms with Crippen molar-refractivity contribution in [3.05, 3.63) is 117 Å². The highest BCUT2D eigenvalue weighted by molar-refractivity contribution is 6.39. The smallest absolute Gasteiger partial charge is 0.262 e. The van der Waals surface area contributed by atoms with Gasteiger partial charge in [-0.3, -0.25) is 18.8 Å². The summed E-state index contributed by atoms with van der Waals surface area (Å²) in [6, 6.07) is 23.5. The van der Waals surface area contributed by atoms with E-state index in [-0.39, 0.29) is 29.5 Å². The predicted molar refractivity (Wildman–Crippen MR) is 215 cm³/mol. The fourth-order valence-electron chi connectivity index (χ4n) is 7.48. The Kier molecular flexibility index (Phi) is 10.5. The maximum absolute atomic E-state index is 13.3. The van der Waals surface area contributed by atoms with E-state index < -0.39 is 0 Å². The van der Waals surface area contributed by atoms with E-state index in [4.69, 9.17) is 32.9 Å². The topological polar surface area (TPSA) is 139 Å². The van der Waals surface area contributed by atoms with E-state index in [0.717, 1.165) is 62.9 Å². The van der Waals surface area contributed by atoms with Gasteiger partial charge in [-0.15, -0.1) is 0 Å². The molecule has 0 bridgehead atoms. The second kappa shape index (κ2) is 15.8. The van der Waals surface area contributed by atoms with Crippen molar-refractivity contribution >= 4 is 51.6 Å². The Hall–Kier alpha value is -5.33. The zero-order valence-corrected chi connectivity index (χ0v) is 31.6. The molecule has 0 radical (unpaired) electrons. The molecule has 4 N–H and O–H groups in total. The van der Waals surface area contributed by atoms with Crippen LogP contribution in [0.5, 0.6) is 5.75 Å². The summed E-state index contributed by atoms with van der Waals surface area (Å²) >= 11 is 14.3. The molecule has 6 aromatic rings. The molecule has 3 aromatic heterocycles. The van der Waals surface area contributed by atoms with Crippen LogP contribution in [-0.2, 0) is 22.7 Å². The van der Waals surface area contributed by atoms with E-state index >= 15 is 0 Å². The third-order valence-corrected chi connectivity index (χ3v) is 11.2. The highest BCUT2D eigenvalue weighted by atomic mass is 35.5. The number of aromatic nitrogens is 3. The van der Waals surface area contributed by atoms with Gasteiger partial charge < -0.3 is 26.0 Å². The van der Waals surface area contributed by atoms with Gasteiger partial charge in [0.25, 0.3) is 5.56 Å². The number of methoxy groups -OCH3 is 1. The quantitative estimate of drug-likeness (QED) is 0.114. The first-order chi connectivity index (χ1) is 26.8. The van der Waals surface area contributed by atoms with Crippen molar-refractivity contribution in [1.82, 2.24) is 35.6 Å². The summed E-state index contributed by atoms with van der Waals surface area (Å²) in [4.78, 5) is 45.9. The minimum absolute atomic E-state index is 0.0610. The molecule has 280 valence electrons. The molecule has 5 heterocycles. The number of hydrogen-bond donors (Lipinski definition) is 4. The van der Waals surface area contributed by atoms with Gasteiger partial charge in [-0.25, -0.2) is 9.97 Å². The van der Waals surface area contributed by atoms with Crippen LogP contribution in [0.2, 0.25) is 10.0 Å². The number of pyridine rings is 2. The summed E-state index contributed by atoms with van der Waals surface area (Å²) in [5.41, 5.74) is 7.22. The fourth-order valence-corrected chi connectivity index (χ4v) is 8.14. The molecule has 55 heavy (non-hydrogen) atoms. The molecule has 13 heteroatoms. The van der Waals surface area contributed by atoms with E-state index in [1.54, 1.807) is 19.5 Å². The number of halogens is 2. The molecule has 3 aromatic carbocycles. The Morgan fingerprint density at radius 1 is 0.782 bits per heavy atom. The van der Waals surface area contributed by atoms with Crippen LogP contribution in [0.1, 0.15) is 36.8 Å². The molecule has 11 nitrogen and oxygen atoms in total. The average molecular weight is 777 g/mol. The van der Waals surface area contributed by atoms with E-state index in [1.165, 1.54) is 4.40 Å². The zero-order chi connectivity index (χ0) is 38.1. The second-order valence-corrected chi connectivity index (χ2v) is 14.7. The molecule has 0 spiro atoms. The van der Waals surface area contributed by atoms with Crippen molar-refractivity contribution in [2.24, 2.45) is 0 Å². The van der Waals surface area contributed by atoms with E-state index in [9.17, 15) is 14.4 Å². The van der Waals surface area contributed by atoms with E-state index in [1.807, 2.05) is 72.8 Å². The van der Waals surface area contributed by atoms with Gasteiger partial charge in [0.2, 0.25) is 11.8 Å². The Balaban J connectivity index is 1.03. The first-order valence-corrected chi connectivity index (χ1v) is 19.1. The molecule has 2 atom stereocenters. The summed E-state index contributed by atoms with van der Waals surface area (Å²) in [5, 5.41) is 14.5. The van der Waals surface area contributed by atoms with Gasteiger partial charge in [0.15, 0.2) is 0 Å². The SMILES string of the molecule is COc1c(CNC[C@H]2CCC(=O)N2)ccc2nc(-c3cccc(-c4cccc(-c5ccn6c(=O)c(CNC[C@H]7CCC(=O)N7)cnc6c5)c4Cl)c3Cl)ccc12. The van der Waals surface area contributed by atoms with Crippen molar-refractivity contribution in [3.63, 3.8) is 0 Å². The molecular formula is C42H39Cl2N7O4. The summed E-state index contributed by atoms with van der Waals surface area (Å²) in [6.07, 6.45) is 6.05. The van der Waals surface area contributed by atoms with Crippen molar-refractivity contribution < 1.29 is 14.3 Å². The first-order valence-electron chi connectivity index (χ1n) is 18.3. The molecule has 2 amide bonds. The summed E-state index contributed by atoms with van der Waals surface area (Å²) in [7, 11) is 1.66. The van der Waals surface area contributed by atoms with Crippen LogP contribution in [0.25, 0.3) is 50.1 Å². The maximum atomic E-state index is 13.3. The van der Waals surface area contributed by atoms with Gasteiger partial charge in [-0.05, 0) is 48.7 Å². The zero-order valence-electron chi connectivity index (χ0n) is 30.1. The van der Waals surface area contributed by atoms with E-state index in [2.05, 4.69) is 26.3 Å². The number of rotatable bonds is 12. The lowest BCUT2D eigenvalue weighted by atomic mass is 9.97. The van der Waals surface area contributed by atoms with Crippen molar-refractivity contribution in [1.29, 1.82) is 0 Å². The van der Waals surface area contributed by atoms with Crippen LogP contribution in [0, 0.1) is 0 Å². The number of fused-ring (bicyclic) bond motifs is 2. The van der Waals surface area contributed by atoms with Crippen LogP contribution in [0.3, 0.4) is 0 Å². The highest BCUT2D eigenvalue weighted by Gasteiger charge is 2.22. The van der Waals surface area contributed by atoms with Gasteiger partial charge >= 0.3 is 0 Å². The number of benzene rings is 3. The standard InChI is InChI=1S/C42H39Cl2N7O4/c1-55-41-25(19-45-22-27-9-14-37(52)48-27)8-12-35-33(41)11-13-34(50-35)32-7-3-6-31(40(32)44)30-5-2-4-29(39(30)43)24-16-17-51-36(18-24)47-21-26(42(51)54)20-46-23-28-10-15-38(53)49-28/h2-8,11-13,16-18,21,27-28,45-46H,9-10,14-15,19-20,22-23H2,1H3,(H,48,52)(H,49,53)/t27-,28-/m1/s1. The number of carbonyl (C=O) groups excluding carboxylic acids is 2. The van der Waals surface area contributed by atoms with Gasteiger partial charge in [-0.2, -0.15) is 0 Å². The second-order valence-electron chi connectivity index (χ2n) is 14.0. The number of nitrogens with one attached hydrogen (secondary N) is 4. The predicted octanol–water partition coefficient (Wildman–Crippen LogP) is 6.30.